The summed E-state index contributed by atoms with van der Waals surface area (Å²) in [5.41, 5.74) is 3.06. The highest BCUT2D eigenvalue weighted by molar-refractivity contribution is 6.05. The van der Waals surface area contributed by atoms with Crippen molar-refractivity contribution in [2.45, 2.75) is 12.5 Å². The van der Waals surface area contributed by atoms with E-state index >= 15 is 0 Å². The van der Waals surface area contributed by atoms with Gasteiger partial charge in [-0.15, -0.1) is 0 Å². The minimum Gasteiger partial charge on any atom is -0.492 e. The van der Waals surface area contributed by atoms with E-state index in [1.54, 1.807) is 36.4 Å². The largest absolute Gasteiger partial charge is 0.492 e. The summed E-state index contributed by atoms with van der Waals surface area (Å²) >= 11 is 0. The van der Waals surface area contributed by atoms with Gasteiger partial charge in [-0.1, -0.05) is 48.5 Å². The fourth-order valence-corrected chi connectivity index (χ4v) is 3.70. The Labute approximate surface area is 201 Å². The maximum atomic E-state index is 13.3. The number of H-pyrrole nitrogens is 1. The first kappa shape index (κ1) is 24.1. The molecule has 1 atom stereocenters. The van der Waals surface area contributed by atoms with Crippen LogP contribution in [0.4, 0.5) is 4.39 Å². The van der Waals surface area contributed by atoms with Crippen LogP contribution < -0.4 is 10.1 Å². The number of amides is 1. The molecule has 0 saturated carbocycles. The fourth-order valence-electron chi connectivity index (χ4n) is 3.70. The number of ether oxygens (including phenoxy) is 1. The molecule has 0 spiro atoms. The van der Waals surface area contributed by atoms with Crippen LogP contribution in [0, 0.1) is 5.82 Å². The number of carbonyl (C=O) groups excluding carboxylic acids is 1. The molecule has 0 fully saturated rings. The fraction of sp³-hybridized carbons (Fsp3) is 0.185. The molecule has 180 valence electrons. The van der Waals surface area contributed by atoms with Crippen molar-refractivity contribution in [2.75, 3.05) is 19.8 Å². The van der Waals surface area contributed by atoms with Crippen LogP contribution in [0.25, 0.3) is 23.1 Å². The minimum atomic E-state index is -0.591. The highest BCUT2D eigenvalue weighted by Gasteiger charge is 2.22. The van der Waals surface area contributed by atoms with Crippen LogP contribution >= 0.6 is 0 Å². The summed E-state index contributed by atoms with van der Waals surface area (Å²) in [6.07, 6.45) is 3.97. The lowest BCUT2D eigenvalue weighted by Crippen LogP contribution is -2.31. The number of benzene rings is 3. The van der Waals surface area contributed by atoms with E-state index in [-0.39, 0.29) is 31.2 Å². The van der Waals surface area contributed by atoms with E-state index < -0.39 is 11.9 Å². The van der Waals surface area contributed by atoms with Gasteiger partial charge in [-0.25, -0.2) is 4.39 Å². The zero-order valence-electron chi connectivity index (χ0n) is 18.9. The van der Waals surface area contributed by atoms with Gasteiger partial charge in [0.05, 0.1) is 41.4 Å². The quantitative estimate of drug-likeness (QED) is 0.258. The van der Waals surface area contributed by atoms with Crippen molar-refractivity contribution in [2.24, 2.45) is 0 Å². The van der Waals surface area contributed by atoms with Crippen LogP contribution in [0.15, 0.2) is 66.7 Å². The van der Waals surface area contributed by atoms with Crippen molar-refractivity contribution < 1.29 is 24.1 Å². The Morgan fingerprint density at radius 2 is 1.83 bits per heavy atom. The Balaban J connectivity index is 1.70. The topological polar surface area (TPSA) is 107 Å². The second-order valence-electron chi connectivity index (χ2n) is 7.90. The maximum Gasteiger partial charge on any atom is 0.255 e. The first-order valence-electron chi connectivity index (χ1n) is 11.3. The Bertz CT molecular complexity index is 1300. The standard InChI is InChI=1S/C27H26FN3O4/c28-20-10-7-18(8-11-20)9-13-22-25-23(31-30-22)14-12-21(26(25)35-16-4-15-32)27(34)29-24(17-33)19-5-2-1-3-6-19/h1-3,5-14,24,32-33H,4,15-17H2,(H,29,34)(H,30,31)/b13-9+/t24-/m1/s1. The first-order chi connectivity index (χ1) is 17.1. The average Bonchev–Trinajstić information content (AvgIpc) is 3.31. The number of aromatic amines is 1. The monoisotopic (exact) mass is 475 g/mol. The molecule has 3 aromatic carbocycles. The van der Waals surface area contributed by atoms with E-state index in [1.807, 2.05) is 30.3 Å². The molecular weight excluding hydrogens is 449 g/mol. The van der Waals surface area contributed by atoms with Gasteiger partial charge in [-0.2, -0.15) is 5.10 Å². The predicted octanol–water partition coefficient (Wildman–Crippen LogP) is 4.10. The van der Waals surface area contributed by atoms with Crippen LogP contribution in [0.5, 0.6) is 5.75 Å². The average molecular weight is 476 g/mol. The Morgan fingerprint density at radius 1 is 1.06 bits per heavy atom. The molecule has 0 aliphatic carbocycles. The smallest absolute Gasteiger partial charge is 0.255 e. The first-order valence-corrected chi connectivity index (χ1v) is 11.3. The lowest BCUT2D eigenvalue weighted by Gasteiger charge is -2.18. The number of hydrogen-bond donors (Lipinski definition) is 4. The van der Waals surface area contributed by atoms with Gasteiger partial charge in [0.1, 0.15) is 11.6 Å². The van der Waals surface area contributed by atoms with E-state index in [1.165, 1.54) is 12.1 Å². The minimum absolute atomic E-state index is 0.0547. The van der Waals surface area contributed by atoms with Gasteiger partial charge in [-0.05, 0) is 41.5 Å². The normalized spacial score (nSPS) is 12.2. The summed E-state index contributed by atoms with van der Waals surface area (Å²) in [4.78, 5) is 13.3. The van der Waals surface area contributed by atoms with Gasteiger partial charge in [-0.3, -0.25) is 9.89 Å². The van der Waals surface area contributed by atoms with Crippen molar-refractivity contribution in [3.63, 3.8) is 0 Å². The summed E-state index contributed by atoms with van der Waals surface area (Å²) < 4.78 is 19.2. The molecule has 4 N–H and O–H groups in total. The van der Waals surface area contributed by atoms with Crippen molar-refractivity contribution in [1.29, 1.82) is 0 Å². The summed E-state index contributed by atoms with van der Waals surface area (Å²) in [5.74, 6) is -0.407. The van der Waals surface area contributed by atoms with Gasteiger partial charge in [0, 0.05) is 13.0 Å². The molecule has 1 heterocycles. The van der Waals surface area contributed by atoms with Crippen LogP contribution in [-0.2, 0) is 0 Å². The lowest BCUT2D eigenvalue weighted by atomic mass is 10.0. The molecule has 35 heavy (non-hydrogen) atoms. The van der Waals surface area contributed by atoms with E-state index in [4.69, 9.17) is 4.74 Å². The highest BCUT2D eigenvalue weighted by Crippen LogP contribution is 2.33. The second-order valence-corrected chi connectivity index (χ2v) is 7.90. The molecule has 0 unspecified atom stereocenters. The predicted molar refractivity (Wildman–Crippen MR) is 132 cm³/mol. The Hall–Kier alpha value is -4.01. The van der Waals surface area contributed by atoms with Crippen LogP contribution in [0.3, 0.4) is 0 Å². The lowest BCUT2D eigenvalue weighted by molar-refractivity contribution is 0.0912. The number of carbonyl (C=O) groups is 1. The number of aliphatic hydroxyl groups excluding tert-OH is 2. The van der Waals surface area contributed by atoms with Crippen LogP contribution in [-0.4, -0.2) is 46.1 Å². The van der Waals surface area contributed by atoms with Crippen molar-refractivity contribution >= 4 is 29.0 Å². The number of halogens is 1. The molecule has 8 heteroatoms. The van der Waals surface area contributed by atoms with Gasteiger partial charge in [0.25, 0.3) is 5.91 Å². The molecule has 0 saturated heterocycles. The third kappa shape index (κ3) is 5.74. The number of rotatable bonds is 10. The van der Waals surface area contributed by atoms with Crippen molar-refractivity contribution in [3.05, 3.63) is 94.9 Å². The summed E-state index contributed by atoms with van der Waals surface area (Å²) in [7, 11) is 0. The molecule has 4 rings (SSSR count). The zero-order valence-corrected chi connectivity index (χ0v) is 18.9. The van der Waals surface area contributed by atoms with E-state index in [0.29, 0.717) is 28.8 Å². The molecule has 0 aliphatic heterocycles. The molecular formula is C27H26FN3O4. The van der Waals surface area contributed by atoms with Crippen molar-refractivity contribution in [3.8, 4) is 5.75 Å². The number of nitrogens with zero attached hydrogens (tertiary/aromatic N) is 1. The number of hydrogen-bond acceptors (Lipinski definition) is 5. The van der Waals surface area contributed by atoms with E-state index in [2.05, 4.69) is 15.5 Å². The second kappa shape index (κ2) is 11.4. The van der Waals surface area contributed by atoms with Crippen LogP contribution in [0.2, 0.25) is 0 Å². The van der Waals surface area contributed by atoms with Gasteiger partial charge in [0.2, 0.25) is 0 Å². The van der Waals surface area contributed by atoms with Gasteiger partial charge >= 0.3 is 0 Å². The van der Waals surface area contributed by atoms with E-state index in [0.717, 1.165) is 11.1 Å². The molecule has 1 amide bonds. The van der Waals surface area contributed by atoms with Crippen molar-refractivity contribution in [1.82, 2.24) is 15.5 Å². The number of aliphatic hydroxyl groups is 2. The van der Waals surface area contributed by atoms with Gasteiger partial charge in [0.15, 0.2) is 0 Å². The SMILES string of the molecule is O=C(N[C@H](CO)c1ccccc1)c1ccc2n[nH]c(/C=C/c3ccc(F)cc3)c2c1OCCCO. The highest BCUT2D eigenvalue weighted by atomic mass is 19.1. The van der Waals surface area contributed by atoms with Gasteiger partial charge < -0.3 is 20.3 Å². The maximum absolute atomic E-state index is 13.3. The summed E-state index contributed by atoms with van der Waals surface area (Å²) in [6.45, 7) is -0.124. The number of nitrogens with one attached hydrogen (secondary N) is 2. The molecule has 4 aromatic rings. The number of aromatic nitrogens is 2. The Kier molecular flexibility index (Phi) is 7.87. The van der Waals surface area contributed by atoms with Crippen LogP contribution in [0.1, 0.15) is 39.6 Å². The zero-order chi connectivity index (χ0) is 24.6. The summed E-state index contributed by atoms with van der Waals surface area (Å²) in [5, 5.41) is 29.8. The third-order valence-electron chi connectivity index (χ3n) is 5.50. The third-order valence-corrected chi connectivity index (χ3v) is 5.50. The Morgan fingerprint density at radius 3 is 2.54 bits per heavy atom. The molecule has 0 radical (unpaired) electrons. The molecule has 1 aromatic heterocycles. The van der Waals surface area contributed by atoms with E-state index in [9.17, 15) is 19.4 Å². The molecule has 0 bridgehead atoms. The summed E-state index contributed by atoms with van der Waals surface area (Å²) in [6, 6.07) is 18.0. The molecule has 7 nitrogen and oxygen atoms in total. The number of fused-ring (bicyclic) bond motifs is 1. The molecule has 0 aliphatic rings.